The Hall–Kier alpha value is -0.900. The first-order valence-electron chi connectivity index (χ1n) is 5.86. The Morgan fingerprint density at radius 2 is 2.24 bits per heavy atom. The summed E-state index contributed by atoms with van der Waals surface area (Å²) in [7, 11) is 0. The van der Waals surface area contributed by atoms with Gasteiger partial charge < -0.3 is 5.32 Å². The van der Waals surface area contributed by atoms with Gasteiger partial charge in [-0.05, 0) is 37.0 Å². The molecule has 1 N–H and O–H groups in total. The Bertz CT molecular complexity index is 418. The van der Waals surface area contributed by atoms with Gasteiger partial charge in [0.05, 0.1) is 0 Å². The summed E-state index contributed by atoms with van der Waals surface area (Å²) in [6.45, 7) is 0.261. The lowest BCUT2D eigenvalue weighted by atomic mass is 9.83. The fraction of sp³-hybridized carbons (Fsp3) is 0.462. The molecular formula is C13H15BrFNO. The van der Waals surface area contributed by atoms with Gasteiger partial charge in [0.25, 0.3) is 0 Å². The quantitative estimate of drug-likeness (QED) is 0.907. The lowest BCUT2D eigenvalue weighted by Crippen LogP contribution is -2.27. The number of hydrogen-bond donors (Lipinski definition) is 1. The molecule has 0 spiro atoms. The highest BCUT2D eigenvalue weighted by Gasteiger charge is 2.20. The van der Waals surface area contributed by atoms with Crippen molar-refractivity contribution in [3.05, 3.63) is 34.1 Å². The molecule has 0 aliphatic heterocycles. The first-order chi connectivity index (χ1) is 8.15. The average Bonchev–Trinajstić information content (AvgIpc) is 2.25. The van der Waals surface area contributed by atoms with E-state index in [2.05, 4.69) is 21.2 Å². The summed E-state index contributed by atoms with van der Waals surface area (Å²) in [6, 6.07) is 4.74. The summed E-state index contributed by atoms with van der Waals surface area (Å²) in [5.41, 5.74) is 0.515. The van der Waals surface area contributed by atoms with Crippen LogP contribution in [-0.2, 0) is 11.3 Å². The Balaban J connectivity index is 1.83. The molecule has 1 aliphatic carbocycles. The number of nitrogens with one attached hydrogen (secondary N) is 1. The van der Waals surface area contributed by atoms with Gasteiger partial charge in [0.2, 0.25) is 5.91 Å². The molecule has 0 bridgehead atoms. The van der Waals surface area contributed by atoms with Crippen molar-refractivity contribution in [2.45, 2.75) is 32.2 Å². The lowest BCUT2D eigenvalue weighted by molar-refractivity contribution is -0.122. The molecule has 1 fully saturated rings. The highest BCUT2D eigenvalue weighted by Crippen LogP contribution is 2.29. The maximum absolute atomic E-state index is 13.4. The Morgan fingerprint density at radius 3 is 2.88 bits per heavy atom. The van der Waals surface area contributed by atoms with E-state index in [1.165, 1.54) is 12.5 Å². The van der Waals surface area contributed by atoms with Crippen LogP contribution in [0.3, 0.4) is 0 Å². The Kier molecular flexibility index (Phi) is 4.15. The summed E-state index contributed by atoms with van der Waals surface area (Å²) >= 11 is 3.28. The minimum absolute atomic E-state index is 0.0223. The molecule has 1 aliphatic rings. The van der Waals surface area contributed by atoms with Crippen LogP contribution in [0.1, 0.15) is 31.2 Å². The van der Waals surface area contributed by atoms with E-state index in [4.69, 9.17) is 0 Å². The van der Waals surface area contributed by atoms with Crippen molar-refractivity contribution in [3.8, 4) is 0 Å². The summed E-state index contributed by atoms with van der Waals surface area (Å²) in [5, 5.41) is 2.77. The van der Waals surface area contributed by atoms with E-state index < -0.39 is 0 Å². The second kappa shape index (κ2) is 5.63. The first-order valence-corrected chi connectivity index (χ1v) is 6.65. The van der Waals surface area contributed by atoms with Crippen molar-refractivity contribution in [2.75, 3.05) is 0 Å². The van der Waals surface area contributed by atoms with Crippen molar-refractivity contribution in [1.82, 2.24) is 5.32 Å². The number of hydrogen-bond acceptors (Lipinski definition) is 1. The maximum Gasteiger partial charge on any atom is 0.220 e. The molecular weight excluding hydrogens is 285 g/mol. The Morgan fingerprint density at radius 1 is 1.47 bits per heavy atom. The molecule has 1 aromatic carbocycles. The molecule has 0 unspecified atom stereocenters. The van der Waals surface area contributed by atoms with Gasteiger partial charge in [0.1, 0.15) is 5.82 Å². The number of benzene rings is 1. The minimum atomic E-state index is -0.280. The predicted octanol–water partition coefficient (Wildman–Crippen LogP) is 3.39. The number of amides is 1. The smallest absolute Gasteiger partial charge is 0.220 e. The van der Waals surface area contributed by atoms with Gasteiger partial charge in [0, 0.05) is 23.0 Å². The van der Waals surface area contributed by atoms with E-state index in [1.54, 1.807) is 12.1 Å². The van der Waals surface area contributed by atoms with Gasteiger partial charge in [-0.15, -0.1) is 0 Å². The first kappa shape index (κ1) is 12.6. The van der Waals surface area contributed by atoms with Crippen LogP contribution in [0.4, 0.5) is 4.39 Å². The van der Waals surface area contributed by atoms with Crippen molar-refractivity contribution < 1.29 is 9.18 Å². The summed E-state index contributed by atoms with van der Waals surface area (Å²) < 4.78 is 14.2. The van der Waals surface area contributed by atoms with Crippen LogP contribution in [-0.4, -0.2) is 5.91 Å². The highest BCUT2D eigenvalue weighted by molar-refractivity contribution is 9.10. The maximum atomic E-state index is 13.4. The van der Waals surface area contributed by atoms with Crippen LogP contribution in [0, 0.1) is 11.7 Å². The normalized spacial score (nSPS) is 15.4. The molecule has 17 heavy (non-hydrogen) atoms. The van der Waals surface area contributed by atoms with Gasteiger partial charge in [-0.2, -0.15) is 0 Å². The van der Waals surface area contributed by atoms with E-state index >= 15 is 0 Å². The van der Waals surface area contributed by atoms with Gasteiger partial charge in [0.15, 0.2) is 0 Å². The van der Waals surface area contributed by atoms with Crippen LogP contribution in [0.25, 0.3) is 0 Å². The monoisotopic (exact) mass is 299 g/mol. The van der Waals surface area contributed by atoms with Gasteiger partial charge >= 0.3 is 0 Å². The number of carbonyl (C=O) groups excluding carboxylic acids is 1. The molecule has 92 valence electrons. The molecule has 0 heterocycles. The van der Waals surface area contributed by atoms with Crippen LogP contribution < -0.4 is 5.32 Å². The zero-order chi connectivity index (χ0) is 12.3. The van der Waals surface area contributed by atoms with Gasteiger partial charge in [-0.1, -0.05) is 22.4 Å². The second-order valence-electron chi connectivity index (χ2n) is 4.51. The Labute approximate surface area is 109 Å². The van der Waals surface area contributed by atoms with Gasteiger partial charge in [-0.3, -0.25) is 4.79 Å². The summed E-state index contributed by atoms with van der Waals surface area (Å²) in [6.07, 6.45) is 4.12. The van der Waals surface area contributed by atoms with Gasteiger partial charge in [-0.25, -0.2) is 4.39 Å². The molecule has 2 nitrogen and oxygen atoms in total. The topological polar surface area (TPSA) is 29.1 Å². The van der Waals surface area contributed by atoms with E-state index in [1.807, 2.05) is 0 Å². The zero-order valence-electron chi connectivity index (χ0n) is 9.51. The molecule has 0 aromatic heterocycles. The van der Waals surface area contributed by atoms with E-state index in [-0.39, 0.29) is 18.3 Å². The van der Waals surface area contributed by atoms with Crippen molar-refractivity contribution in [1.29, 1.82) is 0 Å². The van der Waals surface area contributed by atoms with Crippen molar-refractivity contribution in [2.24, 2.45) is 5.92 Å². The van der Waals surface area contributed by atoms with E-state index in [0.29, 0.717) is 17.9 Å². The second-order valence-corrected chi connectivity index (χ2v) is 5.43. The van der Waals surface area contributed by atoms with Crippen LogP contribution in [0.2, 0.25) is 0 Å². The molecule has 1 saturated carbocycles. The highest BCUT2D eigenvalue weighted by atomic mass is 79.9. The SMILES string of the molecule is O=C(CC1CCC1)NCc1cc(Br)ccc1F. The lowest BCUT2D eigenvalue weighted by Gasteiger charge is -2.24. The van der Waals surface area contributed by atoms with E-state index in [0.717, 1.165) is 17.3 Å². The minimum Gasteiger partial charge on any atom is -0.352 e. The molecule has 0 atom stereocenters. The molecule has 0 radical (unpaired) electrons. The summed E-state index contributed by atoms with van der Waals surface area (Å²) in [5.74, 6) is 0.286. The molecule has 1 amide bonds. The third kappa shape index (κ3) is 3.53. The third-order valence-electron chi connectivity index (χ3n) is 3.18. The summed E-state index contributed by atoms with van der Waals surface area (Å²) in [4.78, 5) is 11.6. The predicted molar refractivity (Wildman–Crippen MR) is 67.9 cm³/mol. The zero-order valence-corrected chi connectivity index (χ0v) is 11.1. The fourth-order valence-corrected chi connectivity index (χ4v) is 2.31. The van der Waals surface area contributed by atoms with Crippen molar-refractivity contribution >= 4 is 21.8 Å². The van der Waals surface area contributed by atoms with Crippen LogP contribution in [0.15, 0.2) is 22.7 Å². The fourth-order valence-electron chi connectivity index (χ4n) is 1.90. The standard InChI is InChI=1S/C13H15BrFNO/c14-11-4-5-12(15)10(7-11)8-16-13(17)6-9-2-1-3-9/h4-5,7,9H,1-3,6,8H2,(H,16,17). The number of halogens is 2. The van der Waals surface area contributed by atoms with Crippen molar-refractivity contribution in [3.63, 3.8) is 0 Å². The molecule has 2 rings (SSSR count). The van der Waals surface area contributed by atoms with E-state index in [9.17, 15) is 9.18 Å². The third-order valence-corrected chi connectivity index (χ3v) is 3.68. The average molecular weight is 300 g/mol. The van der Waals surface area contributed by atoms with Crippen LogP contribution >= 0.6 is 15.9 Å². The molecule has 1 aromatic rings. The number of rotatable bonds is 4. The largest absolute Gasteiger partial charge is 0.352 e. The molecule has 4 heteroatoms. The number of carbonyl (C=O) groups is 1. The van der Waals surface area contributed by atoms with Crippen LogP contribution in [0.5, 0.6) is 0 Å². The molecule has 0 saturated heterocycles.